The summed E-state index contributed by atoms with van der Waals surface area (Å²) in [6.45, 7) is 1.75. The summed E-state index contributed by atoms with van der Waals surface area (Å²) < 4.78 is 0. The van der Waals surface area contributed by atoms with Crippen LogP contribution in [0.3, 0.4) is 0 Å². The van der Waals surface area contributed by atoms with Gasteiger partial charge >= 0.3 is 0 Å². The summed E-state index contributed by atoms with van der Waals surface area (Å²) in [5, 5.41) is 21.2. The predicted molar refractivity (Wildman–Crippen MR) is 91.9 cm³/mol. The Morgan fingerprint density at radius 2 is 1.87 bits per heavy atom. The minimum absolute atomic E-state index is 0.0906. The normalized spacial score (nSPS) is 11.1. The van der Waals surface area contributed by atoms with Crippen LogP contribution in [0.2, 0.25) is 10.0 Å². The maximum atomic E-state index is 12.4. The Morgan fingerprint density at radius 3 is 2.61 bits per heavy atom. The Labute approximate surface area is 141 Å². The molecule has 0 unspecified atom stereocenters. The van der Waals surface area contributed by atoms with Gasteiger partial charge in [0.1, 0.15) is 11.5 Å². The van der Waals surface area contributed by atoms with Gasteiger partial charge < -0.3 is 15.2 Å². The molecule has 1 heterocycles. The van der Waals surface area contributed by atoms with E-state index in [1.54, 1.807) is 25.1 Å². The number of nitrogens with one attached hydrogen (secondary N) is 1. The Morgan fingerprint density at radius 1 is 1.13 bits per heavy atom. The van der Waals surface area contributed by atoms with Crippen molar-refractivity contribution in [3.05, 3.63) is 67.4 Å². The van der Waals surface area contributed by atoms with Gasteiger partial charge in [-0.15, -0.1) is 0 Å². The number of aromatic nitrogens is 1. The number of phenols is 2. The zero-order valence-corrected chi connectivity index (χ0v) is 13.7. The van der Waals surface area contributed by atoms with Crippen LogP contribution in [0, 0.1) is 6.92 Å². The van der Waals surface area contributed by atoms with Crippen LogP contribution in [0.15, 0.2) is 35.1 Å². The standard InChI is InChI=1S/C17H13Cl2NO3/c1-8-12(5-9-4-10(18)2-3-13(9)19)17(23)20-14-6-11(21)7-15(22)16(8)14/h2-4,6-7,21-22H,5H2,1H3,(H,20,23). The molecule has 1 aromatic heterocycles. The molecule has 3 rings (SSSR count). The fourth-order valence-corrected chi connectivity index (χ4v) is 3.08. The molecule has 0 amide bonds. The molecule has 3 aromatic rings. The van der Waals surface area contributed by atoms with E-state index >= 15 is 0 Å². The van der Waals surface area contributed by atoms with Crippen molar-refractivity contribution in [3.63, 3.8) is 0 Å². The van der Waals surface area contributed by atoms with Gasteiger partial charge in [0.05, 0.1) is 5.52 Å². The van der Waals surface area contributed by atoms with E-state index in [0.717, 1.165) is 5.56 Å². The van der Waals surface area contributed by atoms with Crippen LogP contribution >= 0.6 is 23.2 Å². The Hall–Kier alpha value is -2.17. The third-order valence-electron chi connectivity index (χ3n) is 3.83. The second-order valence-electron chi connectivity index (χ2n) is 5.36. The second-order valence-corrected chi connectivity index (χ2v) is 6.20. The van der Waals surface area contributed by atoms with Crippen molar-refractivity contribution in [2.24, 2.45) is 0 Å². The SMILES string of the molecule is Cc1c(Cc2cc(Cl)ccc2Cl)c(=O)[nH]c2cc(O)cc(O)c12. The molecule has 4 nitrogen and oxygen atoms in total. The number of benzene rings is 2. The van der Waals surface area contributed by atoms with E-state index in [4.69, 9.17) is 23.2 Å². The molecule has 0 aliphatic carbocycles. The molecule has 118 valence electrons. The molecular formula is C17H13Cl2NO3. The first kappa shape index (κ1) is 15.7. The van der Waals surface area contributed by atoms with Crippen molar-refractivity contribution in [3.8, 4) is 11.5 Å². The molecule has 0 aliphatic heterocycles. The van der Waals surface area contributed by atoms with Crippen LogP contribution in [0.25, 0.3) is 10.9 Å². The first-order valence-corrected chi connectivity index (χ1v) is 7.64. The van der Waals surface area contributed by atoms with Gasteiger partial charge in [-0.2, -0.15) is 0 Å². The molecule has 0 saturated heterocycles. The second kappa shape index (κ2) is 5.80. The Kier molecular flexibility index (Phi) is 3.96. The highest BCUT2D eigenvalue weighted by molar-refractivity contribution is 6.33. The molecule has 3 N–H and O–H groups in total. The zero-order valence-electron chi connectivity index (χ0n) is 12.2. The zero-order chi connectivity index (χ0) is 16.7. The molecule has 0 aliphatic rings. The van der Waals surface area contributed by atoms with E-state index in [2.05, 4.69) is 4.98 Å². The minimum Gasteiger partial charge on any atom is -0.508 e. The van der Waals surface area contributed by atoms with Gasteiger partial charge in [-0.1, -0.05) is 23.2 Å². The van der Waals surface area contributed by atoms with Gasteiger partial charge in [0.25, 0.3) is 5.56 Å². The number of aryl methyl sites for hydroxylation is 1. The van der Waals surface area contributed by atoms with Crippen molar-refractivity contribution in [2.75, 3.05) is 0 Å². The third kappa shape index (κ3) is 2.87. The Bertz CT molecular complexity index is 980. The number of hydrogen-bond acceptors (Lipinski definition) is 3. The number of aromatic amines is 1. The molecule has 0 bridgehead atoms. The van der Waals surface area contributed by atoms with Crippen LogP contribution in [0.5, 0.6) is 11.5 Å². The highest BCUT2D eigenvalue weighted by atomic mass is 35.5. The van der Waals surface area contributed by atoms with Crippen LogP contribution in [0.1, 0.15) is 16.7 Å². The molecule has 6 heteroatoms. The molecule has 23 heavy (non-hydrogen) atoms. The summed E-state index contributed by atoms with van der Waals surface area (Å²) in [7, 11) is 0. The van der Waals surface area contributed by atoms with Crippen LogP contribution < -0.4 is 5.56 Å². The molecule has 0 radical (unpaired) electrons. The number of fused-ring (bicyclic) bond motifs is 1. The molecule has 0 saturated carbocycles. The third-order valence-corrected chi connectivity index (χ3v) is 4.43. The van der Waals surface area contributed by atoms with E-state index in [1.807, 2.05) is 0 Å². The van der Waals surface area contributed by atoms with Gasteiger partial charge in [0.2, 0.25) is 0 Å². The van der Waals surface area contributed by atoms with Crippen molar-refractivity contribution in [1.82, 2.24) is 4.98 Å². The Balaban J connectivity index is 2.22. The lowest BCUT2D eigenvalue weighted by molar-refractivity contribution is 0.455. The first-order chi connectivity index (χ1) is 10.9. The number of pyridine rings is 1. The quantitative estimate of drug-likeness (QED) is 0.650. The number of hydrogen-bond donors (Lipinski definition) is 3. The van der Waals surface area contributed by atoms with E-state index in [1.165, 1.54) is 12.1 Å². The van der Waals surface area contributed by atoms with E-state index < -0.39 is 0 Å². The first-order valence-electron chi connectivity index (χ1n) is 6.88. The number of rotatable bonds is 2. The van der Waals surface area contributed by atoms with Gasteiger partial charge in [0, 0.05) is 39.5 Å². The maximum absolute atomic E-state index is 12.4. The average molecular weight is 350 g/mol. The van der Waals surface area contributed by atoms with E-state index in [0.29, 0.717) is 32.1 Å². The summed E-state index contributed by atoms with van der Waals surface area (Å²) in [5.74, 6) is -0.206. The monoisotopic (exact) mass is 349 g/mol. The van der Waals surface area contributed by atoms with Gasteiger partial charge in [0.15, 0.2) is 0 Å². The summed E-state index contributed by atoms with van der Waals surface area (Å²) >= 11 is 12.2. The minimum atomic E-state index is -0.295. The van der Waals surface area contributed by atoms with Crippen LogP contribution in [0.4, 0.5) is 0 Å². The van der Waals surface area contributed by atoms with Crippen molar-refractivity contribution in [2.45, 2.75) is 13.3 Å². The molecular weight excluding hydrogens is 337 g/mol. The largest absolute Gasteiger partial charge is 0.508 e. The summed E-state index contributed by atoms with van der Waals surface area (Å²) in [5.41, 5.74) is 1.94. The van der Waals surface area contributed by atoms with Crippen LogP contribution in [-0.2, 0) is 6.42 Å². The lowest BCUT2D eigenvalue weighted by atomic mass is 9.98. The number of phenolic OH excluding ortho intramolecular Hbond substituents is 2. The average Bonchev–Trinajstić information content (AvgIpc) is 2.45. The fraction of sp³-hybridized carbons (Fsp3) is 0.118. The molecule has 0 atom stereocenters. The maximum Gasteiger partial charge on any atom is 0.252 e. The highest BCUT2D eigenvalue weighted by Crippen LogP contribution is 2.32. The lowest BCUT2D eigenvalue weighted by Gasteiger charge is -2.12. The number of halogens is 2. The summed E-state index contributed by atoms with van der Waals surface area (Å²) in [6.07, 6.45) is 0.289. The van der Waals surface area contributed by atoms with Crippen molar-refractivity contribution < 1.29 is 10.2 Å². The van der Waals surface area contributed by atoms with E-state index in [9.17, 15) is 15.0 Å². The topological polar surface area (TPSA) is 73.3 Å². The predicted octanol–water partition coefficient (Wildman–Crippen LogP) is 4.15. The smallest absolute Gasteiger partial charge is 0.252 e. The van der Waals surface area contributed by atoms with Gasteiger partial charge in [-0.3, -0.25) is 4.79 Å². The molecule has 0 fully saturated rings. The van der Waals surface area contributed by atoms with Gasteiger partial charge in [-0.25, -0.2) is 0 Å². The van der Waals surface area contributed by atoms with Gasteiger partial charge in [-0.05, 0) is 36.2 Å². The van der Waals surface area contributed by atoms with E-state index in [-0.39, 0.29) is 23.5 Å². The lowest BCUT2D eigenvalue weighted by Crippen LogP contribution is -2.15. The van der Waals surface area contributed by atoms with Crippen LogP contribution in [-0.4, -0.2) is 15.2 Å². The molecule has 2 aromatic carbocycles. The summed E-state index contributed by atoms with van der Waals surface area (Å²) in [4.78, 5) is 15.1. The number of H-pyrrole nitrogens is 1. The summed E-state index contributed by atoms with van der Waals surface area (Å²) in [6, 6.07) is 7.71. The number of aromatic hydroxyl groups is 2. The fourth-order valence-electron chi connectivity index (χ4n) is 2.71. The highest BCUT2D eigenvalue weighted by Gasteiger charge is 2.15. The molecule has 0 spiro atoms. The van der Waals surface area contributed by atoms with Crippen molar-refractivity contribution >= 4 is 34.1 Å². The van der Waals surface area contributed by atoms with Crippen molar-refractivity contribution in [1.29, 1.82) is 0 Å².